The maximum absolute atomic E-state index is 14.1. The fourth-order valence-electron chi connectivity index (χ4n) is 7.99. The van der Waals surface area contributed by atoms with E-state index in [1.54, 1.807) is 17.0 Å². The predicted molar refractivity (Wildman–Crippen MR) is 173 cm³/mol. The Kier molecular flexibility index (Phi) is 9.34. The van der Waals surface area contributed by atoms with Crippen LogP contribution in [0, 0.1) is 17.8 Å². The highest BCUT2D eigenvalue weighted by Gasteiger charge is 2.58. The van der Waals surface area contributed by atoms with Crippen LogP contribution < -0.4 is 0 Å². The van der Waals surface area contributed by atoms with Crippen LogP contribution in [0.4, 0.5) is 0 Å². The second kappa shape index (κ2) is 13.2. The molecule has 2 aromatic rings. The van der Waals surface area contributed by atoms with Crippen LogP contribution in [-0.4, -0.2) is 64.1 Å². The highest BCUT2D eigenvalue weighted by molar-refractivity contribution is 6.43. The number of amides is 2. The number of allylic oxidation sites excluding steroid dienone is 2. The third-order valence-electron chi connectivity index (χ3n) is 10.1. The monoisotopic (exact) mass is 616 g/mol. The molecule has 4 atom stereocenters. The lowest BCUT2D eigenvalue weighted by atomic mass is 9.58. The van der Waals surface area contributed by atoms with E-state index in [-0.39, 0.29) is 41.5 Å². The average Bonchev–Trinajstić information content (AvgIpc) is 3.26. The molecule has 3 heterocycles. The number of likely N-dealkylation sites (tertiary alicyclic amines) is 2. The van der Waals surface area contributed by atoms with Crippen molar-refractivity contribution >= 4 is 36.6 Å². The zero-order valence-electron chi connectivity index (χ0n) is 25.6. The number of halogens is 1. The van der Waals surface area contributed by atoms with Crippen LogP contribution in [0.15, 0.2) is 65.3 Å². The van der Waals surface area contributed by atoms with Gasteiger partial charge in [-0.05, 0) is 92.6 Å². The van der Waals surface area contributed by atoms with E-state index in [1.807, 2.05) is 19.1 Å². The summed E-state index contributed by atoms with van der Waals surface area (Å²) >= 11 is 6.32. The summed E-state index contributed by atoms with van der Waals surface area (Å²) in [5.41, 5.74) is 5.55. The summed E-state index contributed by atoms with van der Waals surface area (Å²) in [6, 6.07) is 15.3. The molecule has 3 aliphatic heterocycles. The van der Waals surface area contributed by atoms with Crippen molar-refractivity contribution in [1.29, 1.82) is 0 Å². The van der Waals surface area contributed by atoms with E-state index < -0.39 is 13.0 Å². The van der Waals surface area contributed by atoms with Gasteiger partial charge in [-0.15, -0.1) is 0 Å². The molecule has 2 aromatic carbocycles. The van der Waals surface area contributed by atoms with Crippen LogP contribution in [0.2, 0.25) is 11.3 Å². The summed E-state index contributed by atoms with van der Waals surface area (Å²) in [6.45, 7) is 6.74. The van der Waals surface area contributed by atoms with Gasteiger partial charge < -0.3 is 14.8 Å². The molecule has 232 valence electrons. The van der Waals surface area contributed by atoms with Crippen molar-refractivity contribution in [2.24, 2.45) is 17.8 Å². The molecule has 1 aliphatic carbocycles. The molecule has 9 heteroatoms. The second-order valence-electron chi connectivity index (χ2n) is 12.9. The Bertz CT molecular complexity index is 1450. The van der Waals surface area contributed by atoms with Crippen LogP contribution in [0.3, 0.4) is 0 Å². The Hall–Kier alpha value is -2.91. The largest absolute Gasteiger partial charge is 0.508 e. The van der Waals surface area contributed by atoms with Gasteiger partial charge in [-0.2, -0.15) is 0 Å². The Labute approximate surface area is 265 Å². The van der Waals surface area contributed by atoms with Gasteiger partial charge in [0.2, 0.25) is 11.8 Å². The third-order valence-corrected chi connectivity index (χ3v) is 10.5. The van der Waals surface area contributed by atoms with Crippen molar-refractivity contribution in [1.82, 2.24) is 9.80 Å². The Morgan fingerprint density at radius 2 is 1.84 bits per heavy atom. The highest BCUT2D eigenvalue weighted by atomic mass is 35.5. The lowest BCUT2D eigenvalue weighted by Gasteiger charge is -2.43. The fourth-order valence-corrected chi connectivity index (χ4v) is 8.22. The summed E-state index contributed by atoms with van der Waals surface area (Å²) in [5, 5.41) is 21.0. The van der Waals surface area contributed by atoms with Crippen molar-refractivity contribution in [3.05, 3.63) is 81.4 Å². The molecule has 0 saturated carbocycles. The number of fused-ring (bicyclic) bond motifs is 3. The van der Waals surface area contributed by atoms with E-state index in [9.17, 15) is 19.7 Å². The number of imide groups is 1. The van der Waals surface area contributed by atoms with Gasteiger partial charge in [-0.1, -0.05) is 66.1 Å². The van der Waals surface area contributed by atoms with E-state index >= 15 is 0 Å². The maximum atomic E-state index is 14.1. The number of phenols is 1. The molecule has 7 nitrogen and oxygen atoms in total. The van der Waals surface area contributed by atoms with Gasteiger partial charge >= 0.3 is 7.12 Å². The molecule has 2 amide bonds. The average molecular weight is 617 g/mol. The minimum Gasteiger partial charge on any atom is -0.508 e. The second-order valence-corrected chi connectivity index (χ2v) is 13.4. The number of hydrogen-bond donors (Lipinski definition) is 2. The number of aromatic hydroxyl groups is 1. The summed E-state index contributed by atoms with van der Waals surface area (Å²) in [5.74, 6) is -0.907. The number of rotatable bonds is 8. The van der Waals surface area contributed by atoms with Crippen LogP contribution in [0.5, 0.6) is 5.75 Å². The van der Waals surface area contributed by atoms with Gasteiger partial charge in [0, 0.05) is 25.7 Å². The predicted octanol–water partition coefficient (Wildman–Crippen LogP) is 6.10. The van der Waals surface area contributed by atoms with Crippen LogP contribution >= 0.6 is 11.6 Å². The van der Waals surface area contributed by atoms with Crippen molar-refractivity contribution in [3.8, 4) is 5.75 Å². The minimum absolute atomic E-state index is 0.0198. The van der Waals surface area contributed by atoms with Crippen molar-refractivity contribution < 1.29 is 24.4 Å². The summed E-state index contributed by atoms with van der Waals surface area (Å²) in [6.07, 6.45) is 6.39. The molecule has 3 fully saturated rings. The standard InChI is InChI=1S/C35H42BClN2O5/c1-3-24-18-28-33(35(42)39(34(28)41)26-13-15-38(16-14-26)21-23-7-5-4-6-8-23)29-20-36(43)44-31(32(24)29)12-9-22(2)17-25-10-11-27(40)19-30(25)37/h4-8,10-11,17,19,26,28-29,31,33,40,43H,3,9,12-16,18,20-21H2,1-2H3/b22-17+/t28-,29+,31-,33-/m1/s1. The van der Waals surface area contributed by atoms with Crippen molar-refractivity contribution in [2.45, 2.75) is 77.4 Å². The molecule has 0 unspecified atom stereocenters. The number of carbonyl (C=O) groups excluding carboxylic acids is 2. The molecular weight excluding hydrogens is 575 g/mol. The molecular formula is C35H42BClN2O5. The Morgan fingerprint density at radius 1 is 1.09 bits per heavy atom. The van der Waals surface area contributed by atoms with Gasteiger partial charge in [0.1, 0.15) is 5.75 Å². The van der Waals surface area contributed by atoms with Crippen molar-refractivity contribution in [2.75, 3.05) is 13.1 Å². The van der Waals surface area contributed by atoms with E-state index in [2.05, 4.69) is 36.1 Å². The van der Waals surface area contributed by atoms with Gasteiger partial charge in [-0.3, -0.25) is 19.4 Å². The molecule has 0 bridgehead atoms. The number of nitrogens with zero attached hydrogens (tertiary/aromatic N) is 2. The van der Waals surface area contributed by atoms with Gasteiger partial charge in [0.15, 0.2) is 0 Å². The molecule has 3 saturated heterocycles. The van der Waals surface area contributed by atoms with Gasteiger partial charge in [-0.25, -0.2) is 0 Å². The van der Waals surface area contributed by atoms with Crippen LogP contribution in [-0.2, 0) is 20.8 Å². The zero-order valence-corrected chi connectivity index (χ0v) is 26.4. The number of phenolic OH excluding ortho intramolecular Hbond substituents is 1. The maximum Gasteiger partial charge on any atom is 0.455 e. The number of benzene rings is 2. The number of hydrogen-bond acceptors (Lipinski definition) is 6. The Morgan fingerprint density at radius 3 is 2.55 bits per heavy atom. The first-order valence-electron chi connectivity index (χ1n) is 16.1. The molecule has 44 heavy (non-hydrogen) atoms. The number of piperidine rings is 1. The SMILES string of the molecule is CCC1=C2[C@@H](CC/C(C)=C/c3ccc(O)cc3Cl)OB(O)C[C@@H]2[C@@H]2C(=O)N(C3CCN(Cc4ccccc4)CC3)C(=O)[C@@H]2C1. The first-order chi connectivity index (χ1) is 21.2. The van der Waals surface area contributed by atoms with E-state index in [1.165, 1.54) is 17.2 Å². The van der Waals surface area contributed by atoms with Crippen molar-refractivity contribution in [3.63, 3.8) is 0 Å². The van der Waals surface area contributed by atoms with Gasteiger partial charge in [0.05, 0.1) is 23.0 Å². The van der Waals surface area contributed by atoms with E-state index in [0.29, 0.717) is 24.2 Å². The third kappa shape index (κ3) is 6.27. The normalized spacial score (nSPS) is 26.8. The molecule has 4 aliphatic rings. The first-order valence-corrected chi connectivity index (χ1v) is 16.5. The first kappa shape index (κ1) is 31.1. The summed E-state index contributed by atoms with van der Waals surface area (Å²) in [4.78, 5) is 32.0. The quantitative estimate of drug-likeness (QED) is 0.212. The van der Waals surface area contributed by atoms with E-state index in [0.717, 1.165) is 62.0 Å². The molecule has 0 aromatic heterocycles. The summed E-state index contributed by atoms with van der Waals surface area (Å²) in [7, 11) is -0.973. The smallest absolute Gasteiger partial charge is 0.455 e. The highest BCUT2D eigenvalue weighted by Crippen LogP contribution is 2.52. The van der Waals surface area contributed by atoms with Crippen LogP contribution in [0.1, 0.15) is 63.5 Å². The molecule has 6 rings (SSSR count). The topological polar surface area (TPSA) is 90.3 Å². The summed E-state index contributed by atoms with van der Waals surface area (Å²) < 4.78 is 6.14. The lowest BCUT2D eigenvalue weighted by molar-refractivity contribution is -0.144. The number of carbonyl (C=O) groups is 2. The van der Waals surface area contributed by atoms with E-state index in [4.69, 9.17) is 16.3 Å². The molecule has 0 radical (unpaired) electrons. The van der Waals surface area contributed by atoms with Crippen LogP contribution in [0.25, 0.3) is 6.08 Å². The Balaban J connectivity index is 1.16. The zero-order chi connectivity index (χ0) is 31.0. The molecule has 0 spiro atoms. The lowest BCUT2D eigenvalue weighted by Crippen LogP contribution is -2.48. The minimum atomic E-state index is -0.973. The molecule has 2 N–H and O–H groups in total. The fraction of sp³-hybridized carbons (Fsp3) is 0.486. The van der Waals surface area contributed by atoms with Gasteiger partial charge in [0.25, 0.3) is 0 Å².